The van der Waals surface area contributed by atoms with E-state index in [-0.39, 0.29) is 6.10 Å². The van der Waals surface area contributed by atoms with Gasteiger partial charge in [-0.3, -0.25) is 0 Å². The van der Waals surface area contributed by atoms with E-state index in [4.69, 9.17) is 0 Å². The fourth-order valence-corrected chi connectivity index (χ4v) is 2.46. The van der Waals surface area contributed by atoms with Crippen molar-refractivity contribution in [2.24, 2.45) is 0 Å². The van der Waals surface area contributed by atoms with Crippen molar-refractivity contribution in [2.45, 2.75) is 31.3 Å². The van der Waals surface area contributed by atoms with Crippen LogP contribution in [0.3, 0.4) is 0 Å². The molecule has 0 bridgehead atoms. The Labute approximate surface area is 70.0 Å². The molecule has 1 saturated carbocycles. The van der Waals surface area contributed by atoms with Gasteiger partial charge in [-0.2, -0.15) is 0 Å². The number of aliphatic hydroxyl groups excluding tert-OH is 1. The smallest absolute Gasteiger partial charge is 0.0617 e. The number of rotatable bonds is 1. The normalized spacial score (nSPS) is 31.0. The molecule has 0 saturated heterocycles. The molecule has 0 radical (unpaired) electrons. The van der Waals surface area contributed by atoms with E-state index in [0.717, 1.165) is 19.3 Å². The predicted octanol–water partition coefficient (Wildman–Crippen LogP) is 1.77. The summed E-state index contributed by atoms with van der Waals surface area (Å²) in [6, 6.07) is 2.02. The van der Waals surface area contributed by atoms with Crippen LogP contribution in [0.15, 0.2) is 12.3 Å². The largest absolute Gasteiger partial charge is 0.392 e. The summed E-state index contributed by atoms with van der Waals surface area (Å²) in [6.07, 6.45) is 4.94. The highest BCUT2D eigenvalue weighted by Crippen LogP contribution is 2.35. The summed E-state index contributed by atoms with van der Waals surface area (Å²) in [4.78, 5) is 1.25. The van der Waals surface area contributed by atoms with E-state index in [1.165, 1.54) is 16.4 Å². The quantitative estimate of drug-likeness (QED) is 0.695. The van der Waals surface area contributed by atoms with Crippen molar-refractivity contribution in [2.75, 3.05) is 0 Å². The Morgan fingerprint density at radius 3 is 3.00 bits per heavy atom. The van der Waals surface area contributed by atoms with E-state index in [1.54, 1.807) is 0 Å². The molecular formula is C8H11NOS. The number of aromatic nitrogens is 1. The maximum absolute atomic E-state index is 9.54. The van der Waals surface area contributed by atoms with Gasteiger partial charge in [0.25, 0.3) is 0 Å². The average Bonchev–Trinajstić information content (AvgIpc) is 2.55. The van der Waals surface area contributed by atoms with Gasteiger partial charge < -0.3 is 5.11 Å². The van der Waals surface area contributed by atoms with Gasteiger partial charge in [0, 0.05) is 17.0 Å². The van der Waals surface area contributed by atoms with E-state index in [9.17, 15) is 5.11 Å². The monoisotopic (exact) mass is 169 g/mol. The Bertz CT molecular complexity index is 222. The van der Waals surface area contributed by atoms with Crippen LogP contribution in [-0.4, -0.2) is 15.6 Å². The lowest BCUT2D eigenvalue weighted by molar-refractivity contribution is 0.165. The van der Waals surface area contributed by atoms with Gasteiger partial charge in [-0.05, 0) is 30.4 Å². The molecule has 1 aliphatic carbocycles. The third-order valence-corrected chi connectivity index (χ3v) is 3.18. The van der Waals surface area contributed by atoms with Gasteiger partial charge in [0.15, 0.2) is 0 Å². The van der Waals surface area contributed by atoms with Crippen LogP contribution in [-0.2, 0) is 0 Å². The molecule has 11 heavy (non-hydrogen) atoms. The summed E-state index contributed by atoms with van der Waals surface area (Å²) in [5.74, 6) is 0.377. The first-order valence-electron chi connectivity index (χ1n) is 3.96. The highest BCUT2D eigenvalue weighted by molar-refractivity contribution is 7.05. The van der Waals surface area contributed by atoms with Crippen LogP contribution in [0.5, 0.6) is 0 Å². The Kier molecular flexibility index (Phi) is 1.92. The molecule has 2 atom stereocenters. The van der Waals surface area contributed by atoms with Gasteiger partial charge in [0.1, 0.15) is 0 Å². The molecule has 0 amide bonds. The second-order valence-corrected chi connectivity index (χ2v) is 3.88. The molecule has 0 aliphatic heterocycles. The zero-order chi connectivity index (χ0) is 7.68. The third-order valence-electron chi connectivity index (χ3n) is 2.30. The van der Waals surface area contributed by atoms with Gasteiger partial charge in [-0.1, -0.05) is 6.42 Å². The maximum atomic E-state index is 9.54. The molecule has 1 heterocycles. The molecule has 0 aromatic carbocycles. The number of hydrogen-bond donors (Lipinski definition) is 1. The molecule has 3 heteroatoms. The molecule has 1 N–H and O–H groups in total. The van der Waals surface area contributed by atoms with Crippen LogP contribution < -0.4 is 0 Å². The lowest BCUT2D eigenvalue weighted by Gasteiger charge is -2.10. The number of hydrogen-bond acceptors (Lipinski definition) is 3. The summed E-state index contributed by atoms with van der Waals surface area (Å²) in [5.41, 5.74) is 0. The summed E-state index contributed by atoms with van der Waals surface area (Å²) in [6.45, 7) is 0. The summed E-state index contributed by atoms with van der Waals surface area (Å²) < 4.78 is 4.03. The topological polar surface area (TPSA) is 33.1 Å². The fourth-order valence-electron chi connectivity index (χ4n) is 1.69. The predicted molar refractivity (Wildman–Crippen MR) is 44.7 cm³/mol. The third kappa shape index (κ3) is 1.30. The molecule has 1 aromatic rings. The Morgan fingerprint density at radius 2 is 2.45 bits per heavy atom. The minimum Gasteiger partial charge on any atom is -0.392 e. The summed E-state index contributed by atoms with van der Waals surface area (Å²) >= 11 is 1.51. The first kappa shape index (κ1) is 7.25. The van der Waals surface area contributed by atoms with Crippen molar-refractivity contribution in [3.8, 4) is 0 Å². The van der Waals surface area contributed by atoms with E-state index in [1.807, 2.05) is 12.3 Å². The van der Waals surface area contributed by atoms with Gasteiger partial charge in [-0.25, -0.2) is 4.37 Å². The fraction of sp³-hybridized carbons (Fsp3) is 0.625. The van der Waals surface area contributed by atoms with Crippen molar-refractivity contribution in [1.29, 1.82) is 0 Å². The van der Waals surface area contributed by atoms with Gasteiger partial charge in [0.2, 0.25) is 0 Å². The second-order valence-electron chi connectivity index (χ2n) is 3.02. The zero-order valence-electron chi connectivity index (χ0n) is 6.23. The van der Waals surface area contributed by atoms with Crippen molar-refractivity contribution in [1.82, 2.24) is 4.37 Å². The van der Waals surface area contributed by atoms with E-state index < -0.39 is 0 Å². The minimum atomic E-state index is -0.115. The van der Waals surface area contributed by atoms with Crippen LogP contribution >= 0.6 is 11.5 Å². The maximum Gasteiger partial charge on any atom is 0.0617 e. The Morgan fingerprint density at radius 1 is 1.55 bits per heavy atom. The van der Waals surface area contributed by atoms with Gasteiger partial charge in [-0.15, -0.1) is 0 Å². The highest BCUT2D eigenvalue weighted by Gasteiger charge is 2.27. The Hall–Kier alpha value is -0.410. The first-order chi connectivity index (χ1) is 5.38. The van der Waals surface area contributed by atoms with E-state index in [2.05, 4.69) is 4.37 Å². The summed E-state index contributed by atoms with van der Waals surface area (Å²) in [5, 5.41) is 9.54. The first-order valence-corrected chi connectivity index (χ1v) is 4.74. The van der Waals surface area contributed by atoms with Crippen LogP contribution in [0.25, 0.3) is 0 Å². The highest BCUT2D eigenvalue weighted by atomic mass is 32.1. The van der Waals surface area contributed by atoms with Crippen molar-refractivity contribution >= 4 is 11.5 Å². The number of nitrogens with zero attached hydrogens (tertiary/aromatic N) is 1. The van der Waals surface area contributed by atoms with E-state index >= 15 is 0 Å². The van der Waals surface area contributed by atoms with Crippen molar-refractivity contribution in [3.63, 3.8) is 0 Å². The molecule has 2 rings (SSSR count). The van der Waals surface area contributed by atoms with E-state index in [0.29, 0.717) is 5.92 Å². The minimum absolute atomic E-state index is 0.115. The molecule has 1 fully saturated rings. The van der Waals surface area contributed by atoms with Crippen molar-refractivity contribution in [3.05, 3.63) is 17.1 Å². The van der Waals surface area contributed by atoms with Crippen LogP contribution in [0.4, 0.5) is 0 Å². The van der Waals surface area contributed by atoms with Gasteiger partial charge >= 0.3 is 0 Å². The molecule has 1 aromatic heterocycles. The molecule has 0 unspecified atom stereocenters. The van der Waals surface area contributed by atoms with Crippen LogP contribution in [0, 0.1) is 0 Å². The second kappa shape index (κ2) is 2.91. The van der Waals surface area contributed by atoms with Crippen LogP contribution in [0.2, 0.25) is 0 Å². The Balaban J connectivity index is 2.16. The molecule has 1 aliphatic rings. The molecule has 60 valence electrons. The lowest BCUT2D eigenvalue weighted by atomic mass is 10.0. The zero-order valence-corrected chi connectivity index (χ0v) is 7.05. The molecule has 2 nitrogen and oxygen atoms in total. The standard InChI is InChI=1S/C8H11NOS/c10-7-3-1-2-6(7)8-4-5-9-11-8/h4-7,10H,1-3H2/t6-,7-/m1/s1. The van der Waals surface area contributed by atoms with Gasteiger partial charge in [0.05, 0.1) is 6.10 Å². The van der Waals surface area contributed by atoms with Crippen LogP contribution in [0.1, 0.15) is 30.1 Å². The average molecular weight is 169 g/mol. The molecule has 0 spiro atoms. The van der Waals surface area contributed by atoms with Crippen molar-refractivity contribution < 1.29 is 5.11 Å². The SMILES string of the molecule is O[C@@H]1CCC[C@H]1c1ccns1. The number of aliphatic hydroxyl groups is 1. The summed E-state index contributed by atoms with van der Waals surface area (Å²) in [7, 11) is 0. The molecular weight excluding hydrogens is 158 g/mol. The lowest BCUT2D eigenvalue weighted by Crippen LogP contribution is -2.09.